The van der Waals surface area contributed by atoms with Gasteiger partial charge in [0, 0.05) is 0 Å². The van der Waals surface area contributed by atoms with Crippen molar-refractivity contribution in [2.45, 2.75) is 129 Å². The first kappa shape index (κ1) is 38.5. The van der Waals surface area contributed by atoms with Crippen molar-refractivity contribution in [3.8, 4) is 11.5 Å². The van der Waals surface area contributed by atoms with Gasteiger partial charge in [0.15, 0.2) is 33.3 Å². The normalized spacial score (nSPS) is 12.9. The largest absolute Gasteiger partial charge is 0.508 e. The third-order valence-electron chi connectivity index (χ3n) is 9.17. The lowest BCUT2D eigenvalue weighted by Crippen LogP contribution is -2.44. The van der Waals surface area contributed by atoms with Crippen molar-refractivity contribution in [2.75, 3.05) is 0 Å². The first-order valence-corrected chi connectivity index (χ1v) is 29.9. The van der Waals surface area contributed by atoms with Gasteiger partial charge in [0.25, 0.3) is 0 Å². The van der Waals surface area contributed by atoms with Crippen LogP contribution in [0.1, 0.15) is 46.2 Å². The molecule has 0 saturated carbocycles. The number of phenols is 2. The van der Waals surface area contributed by atoms with Crippen LogP contribution in [-0.2, 0) is 33.9 Å². The van der Waals surface area contributed by atoms with Gasteiger partial charge in [-0.05, 0) is 174 Å². The van der Waals surface area contributed by atoms with Crippen LogP contribution in [0.25, 0.3) is 0 Å². The fourth-order valence-electron chi connectivity index (χ4n) is 6.65. The second-order valence-electron chi connectivity index (χ2n) is 16.0. The van der Waals surface area contributed by atoms with Crippen LogP contribution in [0.15, 0.2) is 60.7 Å². The number of hydrogen-bond donors (Lipinski definition) is 2. The highest BCUT2D eigenvalue weighted by atomic mass is 28.4. The van der Waals surface area contributed by atoms with Gasteiger partial charge in [-0.1, -0.05) is 48.5 Å². The van der Waals surface area contributed by atoms with E-state index in [9.17, 15) is 10.2 Å². The maximum Gasteiger partial charge on any atom is 0.173 e. The summed E-state index contributed by atoms with van der Waals surface area (Å²) in [6.07, 6.45) is 6.54. The monoisotopic (exact) mass is 694 g/mol. The molecule has 4 nitrogen and oxygen atoms in total. The Morgan fingerprint density at radius 1 is 0.435 bits per heavy atom. The Hall–Kier alpha value is -1.95. The number of phenolic OH excluding ortho intramolecular Hbond substituents is 2. The summed E-state index contributed by atoms with van der Waals surface area (Å²) < 4.78 is 13.9. The molecule has 2 N–H and O–H groups in total. The molecule has 0 amide bonds. The summed E-state index contributed by atoms with van der Waals surface area (Å²) in [5, 5.41) is 19.6. The van der Waals surface area contributed by atoms with Crippen molar-refractivity contribution in [3.63, 3.8) is 0 Å². The molecule has 0 aliphatic heterocycles. The number of rotatable bonds is 18. The van der Waals surface area contributed by atoms with E-state index in [0.29, 0.717) is 11.5 Å². The van der Waals surface area contributed by atoms with E-state index >= 15 is 0 Å². The first-order chi connectivity index (χ1) is 21.3. The fraction of sp³-hybridized carbons (Fsp3) is 0.526. The van der Waals surface area contributed by atoms with E-state index in [1.165, 1.54) is 34.3 Å². The van der Waals surface area contributed by atoms with Gasteiger partial charge in [-0.25, -0.2) is 0 Å². The van der Waals surface area contributed by atoms with Crippen molar-refractivity contribution in [1.82, 2.24) is 0 Å². The summed E-state index contributed by atoms with van der Waals surface area (Å²) >= 11 is 0. The maximum absolute atomic E-state index is 9.80. The van der Waals surface area contributed by atoms with E-state index in [1.54, 1.807) is 0 Å². The van der Waals surface area contributed by atoms with Crippen LogP contribution in [0.2, 0.25) is 76.6 Å². The molecule has 0 aliphatic rings. The maximum atomic E-state index is 9.80. The van der Waals surface area contributed by atoms with Crippen LogP contribution in [0.3, 0.4) is 0 Å². The minimum Gasteiger partial charge on any atom is -0.508 e. The molecule has 0 saturated heterocycles. The molecule has 0 heterocycles. The molecule has 0 aliphatic carbocycles. The Balaban J connectivity index is 1.40. The number of aromatic hydroxyl groups is 2. The molecule has 3 aromatic rings. The Morgan fingerprint density at radius 3 is 1.07 bits per heavy atom. The number of hydrogen-bond acceptors (Lipinski definition) is 4. The molecule has 3 aromatic carbocycles. The lowest BCUT2D eigenvalue weighted by atomic mass is 10.1. The van der Waals surface area contributed by atoms with Gasteiger partial charge in [-0.15, -0.1) is 0 Å². The molecular formula is C38H62O4Si4. The van der Waals surface area contributed by atoms with Gasteiger partial charge in [0.05, 0.1) is 0 Å². The highest BCUT2D eigenvalue weighted by Gasteiger charge is 2.33. The standard InChI is InChI=1S/C38H62O4Si4/c1-31-29-35(19-21-37(31)39)13-11-25-43(3,4)41-45(7,8)27-23-33-15-17-34(18-16-33)24-28-46(9,10)42-44(5,6)26-12-14-36-20-22-38(40)32(2)30-36/h15-22,29-30,39-40H,11-14,23-28H2,1-10H3. The zero-order valence-electron chi connectivity index (χ0n) is 30.6. The first-order valence-electron chi connectivity index (χ1n) is 17.4. The molecule has 0 bridgehead atoms. The molecule has 0 unspecified atom stereocenters. The summed E-state index contributed by atoms with van der Waals surface area (Å²) in [7, 11) is -7.01. The molecule has 3 rings (SSSR count). The summed E-state index contributed by atoms with van der Waals surface area (Å²) in [4.78, 5) is 0. The quantitative estimate of drug-likeness (QED) is 0.130. The molecule has 0 radical (unpaired) electrons. The zero-order chi connectivity index (χ0) is 34.2. The smallest absolute Gasteiger partial charge is 0.173 e. The van der Waals surface area contributed by atoms with Crippen molar-refractivity contribution in [3.05, 3.63) is 94.0 Å². The SMILES string of the molecule is Cc1cc(CCC[Si](C)(C)O[Si](C)(C)CCc2ccc(CC[Si](C)(C)O[Si](C)(C)CCCc3ccc(O)c(C)c3)cc2)ccc1O. The van der Waals surface area contributed by atoms with Gasteiger partial charge < -0.3 is 18.4 Å². The predicted molar refractivity (Wildman–Crippen MR) is 208 cm³/mol. The number of aryl methyl sites for hydroxylation is 6. The van der Waals surface area contributed by atoms with E-state index in [2.05, 4.69) is 88.8 Å². The van der Waals surface area contributed by atoms with Gasteiger partial charge in [0.1, 0.15) is 11.5 Å². The van der Waals surface area contributed by atoms with Gasteiger partial charge in [-0.2, -0.15) is 0 Å². The van der Waals surface area contributed by atoms with Crippen LogP contribution >= 0.6 is 0 Å². The summed E-state index contributed by atoms with van der Waals surface area (Å²) in [6, 6.07) is 25.9. The molecular weight excluding hydrogens is 633 g/mol. The second kappa shape index (κ2) is 16.4. The average Bonchev–Trinajstić information content (AvgIpc) is 2.94. The predicted octanol–water partition coefficient (Wildman–Crippen LogP) is 10.9. The van der Waals surface area contributed by atoms with Gasteiger partial charge in [-0.3, -0.25) is 0 Å². The molecule has 254 valence electrons. The molecule has 0 fully saturated rings. The van der Waals surface area contributed by atoms with Crippen LogP contribution in [0.5, 0.6) is 11.5 Å². The van der Waals surface area contributed by atoms with Crippen LogP contribution in [-0.4, -0.2) is 43.5 Å². The van der Waals surface area contributed by atoms with Crippen LogP contribution in [0, 0.1) is 13.8 Å². The third kappa shape index (κ3) is 13.6. The summed E-state index contributed by atoms with van der Waals surface area (Å²) in [5.74, 6) is 0.761. The van der Waals surface area contributed by atoms with Crippen LogP contribution < -0.4 is 0 Å². The minimum atomic E-state index is -1.77. The highest BCUT2D eigenvalue weighted by Crippen LogP contribution is 2.28. The van der Waals surface area contributed by atoms with Crippen molar-refractivity contribution in [1.29, 1.82) is 0 Å². The zero-order valence-corrected chi connectivity index (χ0v) is 34.6. The molecule has 0 aromatic heterocycles. The lowest BCUT2D eigenvalue weighted by molar-refractivity contribution is 0.470. The van der Waals surface area contributed by atoms with E-state index in [1.807, 2.05) is 38.1 Å². The van der Waals surface area contributed by atoms with Crippen molar-refractivity contribution >= 4 is 33.3 Å². The topological polar surface area (TPSA) is 58.9 Å². The van der Waals surface area contributed by atoms with E-state index in [4.69, 9.17) is 8.23 Å². The van der Waals surface area contributed by atoms with Crippen molar-refractivity contribution < 1.29 is 18.4 Å². The molecule has 0 atom stereocenters. The molecule has 8 heteroatoms. The second-order valence-corrected chi connectivity index (χ2v) is 33.7. The van der Waals surface area contributed by atoms with Crippen LogP contribution in [0.4, 0.5) is 0 Å². The van der Waals surface area contributed by atoms with E-state index < -0.39 is 33.3 Å². The summed E-state index contributed by atoms with van der Waals surface area (Å²) in [5.41, 5.74) is 7.35. The lowest BCUT2D eigenvalue weighted by Gasteiger charge is -2.34. The molecule has 0 spiro atoms. The summed E-state index contributed by atoms with van der Waals surface area (Å²) in [6.45, 7) is 23.0. The number of benzene rings is 3. The van der Waals surface area contributed by atoms with Gasteiger partial charge in [0.2, 0.25) is 0 Å². The fourth-order valence-corrected chi connectivity index (χ4v) is 24.1. The highest BCUT2D eigenvalue weighted by molar-refractivity contribution is 6.85. The minimum absolute atomic E-state index is 0.381. The van der Waals surface area contributed by atoms with Gasteiger partial charge >= 0.3 is 0 Å². The van der Waals surface area contributed by atoms with Crippen molar-refractivity contribution in [2.24, 2.45) is 0 Å². The third-order valence-corrected chi connectivity index (χ3v) is 24.0. The average molecular weight is 695 g/mol. The Morgan fingerprint density at radius 2 is 0.739 bits per heavy atom. The van der Waals surface area contributed by atoms with E-state index in [-0.39, 0.29) is 0 Å². The Labute approximate surface area is 285 Å². The molecule has 46 heavy (non-hydrogen) atoms. The Kier molecular flexibility index (Phi) is 13.8. The van der Waals surface area contributed by atoms with E-state index in [0.717, 1.165) is 61.7 Å². The Bertz CT molecular complexity index is 1290.